The van der Waals surface area contributed by atoms with E-state index in [9.17, 15) is 9.59 Å². The molecule has 6 heteroatoms. The first-order valence-corrected chi connectivity index (χ1v) is 10.8. The van der Waals surface area contributed by atoms with E-state index in [1.807, 2.05) is 53.4 Å². The van der Waals surface area contributed by atoms with Crippen LogP contribution in [0.3, 0.4) is 0 Å². The number of amides is 2. The summed E-state index contributed by atoms with van der Waals surface area (Å²) in [5.41, 5.74) is 1.70. The van der Waals surface area contributed by atoms with Crippen molar-refractivity contribution in [3.63, 3.8) is 0 Å². The quantitative estimate of drug-likeness (QED) is 0.615. The molecule has 1 saturated heterocycles. The van der Waals surface area contributed by atoms with Gasteiger partial charge in [0.25, 0.3) is 5.91 Å². The monoisotopic (exact) mass is 446 g/mol. The maximum absolute atomic E-state index is 13.0. The van der Waals surface area contributed by atoms with Gasteiger partial charge >= 0.3 is 0 Å². The molecule has 1 fully saturated rings. The number of carbonyl (C=O) groups is 2. The third kappa shape index (κ3) is 5.14. The predicted octanol–water partition coefficient (Wildman–Crippen LogP) is 4.44. The third-order valence-electron chi connectivity index (χ3n) is 4.64. The lowest BCUT2D eigenvalue weighted by atomic mass is 10.1. The minimum atomic E-state index is -0.0394. The summed E-state index contributed by atoms with van der Waals surface area (Å²) in [6.07, 6.45) is 2.18. The van der Waals surface area contributed by atoms with Crippen LogP contribution in [0.25, 0.3) is 0 Å². The second-order valence-electron chi connectivity index (χ2n) is 6.63. The van der Waals surface area contributed by atoms with Crippen molar-refractivity contribution in [3.05, 3.63) is 64.1 Å². The van der Waals surface area contributed by atoms with Crippen LogP contribution in [0.15, 0.2) is 57.9 Å². The van der Waals surface area contributed by atoms with E-state index in [4.69, 9.17) is 0 Å². The average Bonchev–Trinajstić information content (AvgIpc) is 3.22. The molecule has 0 N–H and O–H groups in total. The van der Waals surface area contributed by atoms with E-state index in [-0.39, 0.29) is 11.8 Å². The summed E-state index contributed by atoms with van der Waals surface area (Å²) in [6.45, 7) is 2.23. The molecule has 0 atom stereocenters. The van der Waals surface area contributed by atoms with Crippen molar-refractivity contribution in [1.29, 1.82) is 0 Å². The molecule has 1 aliphatic heterocycles. The van der Waals surface area contributed by atoms with Gasteiger partial charge in [-0.05, 0) is 36.6 Å². The Kier molecular flexibility index (Phi) is 6.96. The third-order valence-corrected chi connectivity index (χ3v) is 6.47. The number of hydrogen-bond donors (Lipinski definition) is 0. The van der Waals surface area contributed by atoms with Crippen molar-refractivity contribution >= 4 is 39.5 Å². The van der Waals surface area contributed by atoms with Gasteiger partial charge in [-0.15, -0.1) is 11.8 Å². The van der Waals surface area contributed by atoms with Gasteiger partial charge in [-0.1, -0.05) is 46.3 Å². The molecule has 0 radical (unpaired) electrons. The molecule has 1 aliphatic rings. The van der Waals surface area contributed by atoms with E-state index in [2.05, 4.69) is 15.9 Å². The summed E-state index contributed by atoms with van der Waals surface area (Å²) in [4.78, 5) is 29.8. The first-order valence-electron chi connectivity index (χ1n) is 9.04. The Hall–Kier alpha value is -1.79. The van der Waals surface area contributed by atoms with E-state index in [1.165, 1.54) is 11.8 Å². The van der Waals surface area contributed by atoms with Crippen LogP contribution in [0.1, 0.15) is 28.8 Å². The lowest BCUT2D eigenvalue weighted by Crippen LogP contribution is -2.29. The molecule has 0 spiro atoms. The molecule has 0 saturated carbocycles. The van der Waals surface area contributed by atoms with Gasteiger partial charge in [0.05, 0.1) is 11.3 Å². The van der Waals surface area contributed by atoms with Gasteiger partial charge in [0, 0.05) is 36.1 Å². The molecule has 2 amide bonds. The van der Waals surface area contributed by atoms with Crippen molar-refractivity contribution in [2.75, 3.05) is 25.9 Å². The number of halogens is 1. The molecule has 0 unspecified atom stereocenters. The van der Waals surface area contributed by atoms with Crippen LogP contribution < -0.4 is 0 Å². The highest BCUT2D eigenvalue weighted by molar-refractivity contribution is 9.10. The molecular formula is C21H23BrN2O2S. The number of nitrogens with zero attached hydrogens (tertiary/aromatic N) is 2. The van der Waals surface area contributed by atoms with E-state index in [1.54, 1.807) is 11.9 Å². The van der Waals surface area contributed by atoms with E-state index >= 15 is 0 Å². The number of carbonyl (C=O) groups excluding carboxylic acids is 2. The molecule has 2 aromatic carbocycles. The van der Waals surface area contributed by atoms with E-state index in [0.29, 0.717) is 17.9 Å². The van der Waals surface area contributed by atoms with E-state index in [0.717, 1.165) is 40.9 Å². The highest BCUT2D eigenvalue weighted by Crippen LogP contribution is 2.26. The van der Waals surface area contributed by atoms with Gasteiger partial charge in [0.1, 0.15) is 0 Å². The normalized spacial score (nSPS) is 13.6. The molecule has 27 heavy (non-hydrogen) atoms. The minimum Gasteiger partial charge on any atom is -0.342 e. The molecule has 2 aromatic rings. The van der Waals surface area contributed by atoms with Crippen LogP contribution >= 0.6 is 27.7 Å². The van der Waals surface area contributed by atoms with Crippen LogP contribution in [0.4, 0.5) is 0 Å². The van der Waals surface area contributed by atoms with E-state index < -0.39 is 0 Å². The van der Waals surface area contributed by atoms with Gasteiger partial charge in [0.2, 0.25) is 5.91 Å². The van der Waals surface area contributed by atoms with Gasteiger partial charge < -0.3 is 9.80 Å². The van der Waals surface area contributed by atoms with Crippen molar-refractivity contribution in [2.45, 2.75) is 24.3 Å². The minimum absolute atomic E-state index is 0.0394. The van der Waals surface area contributed by atoms with Gasteiger partial charge in [0.15, 0.2) is 0 Å². The number of benzene rings is 2. The first kappa shape index (κ1) is 20.0. The molecule has 0 bridgehead atoms. The lowest BCUT2D eigenvalue weighted by Gasteiger charge is -2.20. The standard InChI is InChI=1S/C21H23BrN2O2S/c1-23(14-16-8-2-4-10-18(16)22)21(26)17-9-3-5-11-19(17)27-15-20(25)24-12-6-7-13-24/h2-5,8-11H,6-7,12-15H2,1H3. The molecule has 4 nitrogen and oxygen atoms in total. The van der Waals surface area contributed by atoms with Crippen LogP contribution in [0.5, 0.6) is 0 Å². The maximum atomic E-state index is 13.0. The zero-order valence-electron chi connectivity index (χ0n) is 15.4. The molecule has 0 aliphatic carbocycles. The molecule has 0 aromatic heterocycles. The topological polar surface area (TPSA) is 40.6 Å². The van der Waals surface area contributed by atoms with Crippen LogP contribution in [-0.2, 0) is 11.3 Å². The summed E-state index contributed by atoms with van der Waals surface area (Å²) in [7, 11) is 1.80. The average molecular weight is 447 g/mol. The Bertz CT molecular complexity index is 821. The second kappa shape index (κ2) is 9.42. The fraction of sp³-hybridized carbons (Fsp3) is 0.333. The van der Waals surface area contributed by atoms with Crippen LogP contribution in [-0.4, -0.2) is 47.5 Å². The Labute approximate surface area is 173 Å². The number of hydrogen-bond acceptors (Lipinski definition) is 3. The number of rotatable bonds is 6. The zero-order valence-corrected chi connectivity index (χ0v) is 17.8. The van der Waals surface area contributed by atoms with Crippen molar-refractivity contribution in [1.82, 2.24) is 9.80 Å². The van der Waals surface area contributed by atoms with Crippen molar-refractivity contribution in [3.8, 4) is 0 Å². The SMILES string of the molecule is CN(Cc1ccccc1Br)C(=O)c1ccccc1SCC(=O)N1CCCC1. The molecular weight excluding hydrogens is 424 g/mol. The van der Waals surface area contributed by atoms with Crippen molar-refractivity contribution in [2.24, 2.45) is 0 Å². The van der Waals surface area contributed by atoms with Gasteiger partial charge in [-0.3, -0.25) is 9.59 Å². The Morgan fingerprint density at radius 1 is 1.07 bits per heavy atom. The Balaban J connectivity index is 1.67. The van der Waals surface area contributed by atoms with Gasteiger partial charge in [-0.2, -0.15) is 0 Å². The van der Waals surface area contributed by atoms with Crippen LogP contribution in [0.2, 0.25) is 0 Å². The second-order valence-corrected chi connectivity index (χ2v) is 8.50. The fourth-order valence-electron chi connectivity index (χ4n) is 3.13. The highest BCUT2D eigenvalue weighted by Gasteiger charge is 2.20. The number of likely N-dealkylation sites (tertiary alicyclic amines) is 1. The van der Waals surface area contributed by atoms with Crippen LogP contribution in [0, 0.1) is 0 Å². The Morgan fingerprint density at radius 3 is 2.48 bits per heavy atom. The molecule has 1 heterocycles. The summed E-state index contributed by atoms with van der Waals surface area (Å²) in [5, 5.41) is 0. The lowest BCUT2D eigenvalue weighted by molar-refractivity contribution is -0.127. The van der Waals surface area contributed by atoms with Crippen molar-refractivity contribution < 1.29 is 9.59 Å². The first-order chi connectivity index (χ1) is 13.1. The predicted molar refractivity (Wildman–Crippen MR) is 113 cm³/mol. The summed E-state index contributed by atoms with van der Waals surface area (Å²) in [6, 6.07) is 15.4. The zero-order chi connectivity index (χ0) is 19.2. The largest absolute Gasteiger partial charge is 0.342 e. The highest BCUT2D eigenvalue weighted by atomic mass is 79.9. The molecule has 142 valence electrons. The maximum Gasteiger partial charge on any atom is 0.255 e. The van der Waals surface area contributed by atoms with Gasteiger partial charge in [-0.25, -0.2) is 0 Å². The fourth-order valence-corrected chi connectivity index (χ4v) is 4.48. The Morgan fingerprint density at radius 2 is 1.74 bits per heavy atom. The molecule has 3 rings (SSSR count). The summed E-state index contributed by atoms with van der Waals surface area (Å²) in [5.74, 6) is 0.488. The number of thioether (sulfide) groups is 1. The summed E-state index contributed by atoms with van der Waals surface area (Å²) < 4.78 is 0.989. The summed E-state index contributed by atoms with van der Waals surface area (Å²) >= 11 is 4.98. The smallest absolute Gasteiger partial charge is 0.255 e.